The van der Waals surface area contributed by atoms with Crippen molar-refractivity contribution in [2.45, 2.75) is 6.42 Å². The van der Waals surface area contributed by atoms with Crippen molar-refractivity contribution in [2.75, 3.05) is 21.2 Å². The molecule has 2 N–H and O–H groups in total. The number of sulfonamides is 1. The lowest BCUT2D eigenvalue weighted by atomic mass is 10.0. The fourth-order valence-electron chi connectivity index (χ4n) is 4.21. The number of anilines is 4. The van der Waals surface area contributed by atoms with Gasteiger partial charge in [0.25, 0.3) is 0 Å². The minimum absolute atomic E-state index is 0.272. The van der Waals surface area contributed by atoms with Crippen LogP contribution >= 0.6 is 0 Å². The number of benzene rings is 4. The second kappa shape index (κ2) is 8.31. The van der Waals surface area contributed by atoms with Crippen LogP contribution in [-0.4, -0.2) is 26.5 Å². The van der Waals surface area contributed by atoms with Gasteiger partial charge in [-0.15, -0.1) is 0 Å². The lowest BCUT2D eigenvalue weighted by molar-refractivity contribution is -0.124. The largest absolute Gasteiger partial charge is 0.323 e. The molecule has 0 atom stereocenters. The van der Waals surface area contributed by atoms with Crippen molar-refractivity contribution in [3.8, 4) is 11.1 Å². The van der Waals surface area contributed by atoms with Gasteiger partial charge in [-0.3, -0.25) is 19.2 Å². The van der Waals surface area contributed by atoms with E-state index in [0.717, 1.165) is 22.6 Å². The number of rotatable bonds is 4. The summed E-state index contributed by atoms with van der Waals surface area (Å²) in [4.78, 5) is 27.1. The van der Waals surface area contributed by atoms with Crippen LogP contribution in [0.1, 0.15) is 6.42 Å². The van der Waals surface area contributed by atoms with Gasteiger partial charge < -0.3 is 5.32 Å². The van der Waals surface area contributed by atoms with E-state index in [2.05, 4.69) is 10.0 Å². The van der Waals surface area contributed by atoms with E-state index in [0.29, 0.717) is 28.3 Å². The zero-order valence-electron chi connectivity index (χ0n) is 18.3. The predicted molar refractivity (Wildman–Crippen MR) is 135 cm³/mol. The maximum Gasteiger partial charge on any atom is 0.241 e. The number of carbonyl (C=O) groups excluding carboxylic acids is 2. The summed E-state index contributed by atoms with van der Waals surface area (Å²) >= 11 is 0. The molecule has 0 saturated heterocycles. The lowest BCUT2D eigenvalue weighted by Gasteiger charge is -2.23. The monoisotopic (exact) mass is 471 g/mol. The van der Waals surface area contributed by atoms with E-state index in [4.69, 9.17) is 0 Å². The Balaban J connectivity index is 1.59. The van der Waals surface area contributed by atoms with Crippen molar-refractivity contribution in [1.82, 2.24) is 0 Å². The average molecular weight is 472 g/mol. The molecule has 0 fully saturated rings. The van der Waals surface area contributed by atoms with E-state index in [1.54, 1.807) is 29.2 Å². The van der Waals surface area contributed by atoms with Gasteiger partial charge in [-0.2, -0.15) is 0 Å². The molecule has 0 spiro atoms. The second-order valence-electron chi connectivity index (χ2n) is 8.10. The van der Waals surface area contributed by atoms with Crippen LogP contribution in [0, 0.1) is 0 Å². The summed E-state index contributed by atoms with van der Waals surface area (Å²) in [6, 6.07) is 25.8. The van der Waals surface area contributed by atoms with Crippen LogP contribution in [0.2, 0.25) is 0 Å². The Morgan fingerprint density at radius 3 is 2.32 bits per heavy atom. The van der Waals surface area contributed by atoms with Gasteiger partial charge in [0.2, 0.25) is 21.8 Å². The molecule has 34 heavy (non-hydrogen) atoms. The first kappa shape index (κ1) is 21.7. The van der Waals surface area contributed by atoms with Gasteiger partial charge in [0.15, 0.2) is 0 Å². The topological polar surface area (TPSA) is 95.6 Å². The molecular weight excluding hydrogens is 450 g/mol. The van der Waals surface area contributed by atoms with Crippen molar-refractivity contribution in [3.63, 3.8) is 0 Å². The molecule has 4 aromatic rings. The van der Waals surface area contributed by atoms with Gasteiger partial charge in [-0.25, -0.2) is 8.42 Å². The van der Waals surface area contributed by atoms with Crippen molar-refractivity contribution in [1.29, 1.82) is 0 Å². The molecule has 4 aromatic carbocycles. The van der Waals surface area contributed by atoms with Crippen molar-refractivity contribution in [2.24, 2.45) is 0 Å². The molecule has 1 aliphatic rings. The van der Waals surface area contributed by atoms with Crippen LogP contribution < -0.4 is 14.9 Å². The molecule has 0 bridgehead atoms. The smallest absolute Gasteiger partial charge is 0.241 e. The fraction of sp³-hybridized carbons (Fsp3) is 0.0769. The fourth-order valence-corrected chi connectivity index (χ4v) is 4.79. The number of nitrogens with one attached hydrogen (secondary N) is 2. The van der Waals surface area contributed by atoms with Crippen LogP contribution in [0.5, 0.6) is 0 Å². The van der Waals surface area contributed by atoms with Gasteiger partial charge in [0.1, 0.15) is 6.42 Å². The summed E-state index contributed by atoms with van der Waals surface area (Å²) in [6.45, 7) is 0. The summed E-state index contributed by atoms with van der Waals surface area (Å²) in [6.07, 6.45) is 0.834. The number of carbonyl (C=O) groups is 2. The van der Waals surface area contributed by atoms with Crippen LogP contribution in [0.4, 0.5) is 22.7 Å². The molecule has 0 aromatic heterocycles. The second-order valence-corrected chi connectivity index (χ2v) is 9.85. The third kappa shape index (κ3) is 4.11. The first-order valence-corrected chi connectivity index (χ1v) is 12.5. The van der Waals surface area contributed by atoms with Crippen molar-refractivity contribution < 1.29 is 18.0 Å². The predicted octanol–water partition coefficient (Wildman–Crippen LogP) is 4.89. The molecule has 0 aliphatic carbocycles. The van der Waals surface area contributed by atoms with Crippen LogP contribution in [-0.2, 0) is 19.6 Å². The van der Waals surface area contributed by atoms with Crippen LogP contribution in [0.3, 0.4) is 0 Å². The number of nitrogens with zero attached hydrogens (tertiary/aromatic N) is 1. The Labute approximate surface area is 197 Å². The highest BCUT2D eigenvalue weighted by molar-refractivity contribution is 7.92. The summed E-state index contributed by atoms with van der Waals surface area (Å²) in [5, 5.41) is 4.71. The minimum atomic E-state index is -3.44. The van der Waals surface area contributed by atoms with Crippen LogP contribution in [0.15, 0.2) is 84.9 Å². The SMILES string of the molecule is CS(=O)(=O)Nc1ccccc1-c1ccc(N2C(=O)CC(=O)Nc3c2ccc2ccccc32)cc1. The van der Waals surface area contributed by atoms with E-state index in [1.807, 2.05) is 60.7 Å². The Hall–Kier alpha value is -4.17. The molecule has 0 radical (unpaired) electrons. The Morgan fingerprint density at radius 1 is 0.853 bits per heavy atom. The lowest BCUT2D eigenvalue weighted by Crippen LogP contribution is -2.26. The zero-order chi connectivity index (χ0) is 23.9. The zero-order valence-corrected chi connectivity index (χ0v) is 19.1. The molecule has 2 amide bonds. The van der Waals surface area contributed by atoms with E-state index in [9.17, 15) is 18.0 Å². The Morgan fingerprint density at radius 2 is 1.56 bits per heavy atom. The summed E-state index contributed by atoms with van der Waals surface area (Å²) in [5.74, 6) is -0.694. The number of fused-ring (bicyclic) bond motifs is 3. The highest BCUT2D eigenvalue weighted by atomic mass is 32.2. The molecule has 7 nitrogen and oxygen atoms in total. The van der Waals surface area contributed by atoms with E-state index in [1.165, 1.54) is 0 Å². The molecular formula is C26H21N3O4S. The number of hydrogen-bond donors (Lipinski definition) is 2. The summed E-state index contributed by atoms with van der Waals surface area (Å²) in [5.41, 5.74) is 3.77. The first-order chi connectivity index (χ1) is 16.3. The van der Waals surface area contributed by atoms with Crippen LogP contribution in [0.25, 0.3) is 21.9 Å². The third-order valence-corrected chi connectivity index (χ3v) is 6.22. The number of amides is 2. The Kier molecular flexibility index (Phi) is 5.30. The molecule has 1 aliphatic heterocycles. The Bertz CT molecular complexity index is 1550. The van der Waals surface area contributed by atoms with E-state index in [-0.39, 0.29) is 18.2 Å². The average Bonchev–Trinajstić information content (AvgIpc) is 2.93. The van der Waals surface area contributed by atoms with E-state index < -0.39 is 10.0 Å². The van der Waals surface area contributed by atoms with E-state index >= 15 is 0 Å². The first-order valence-electron chi connectivity index (χ1n) is 10.6. The number of hydrogen-bond acceptors (Lipinski definition) is 4. The normalized spacial score (nSPS) is 13.9. The maximum absolute atomic E-state index is 13.1. The number of para-hydroxylation sites is 1. The molecule has 0 unspecified atom stereocenters. The minimum Gasteiger partial charge on any atom is -0.323 e. The molecule has 5 rings (SSSR count). The molecule has 1 heterocycles. The third-order valence-electron chi connectivity index (χ3n) is 5.63. The standard InChI is InChI=1S/C26H21N3O4S/c1-34(32,33)28-22-9-5-4-7-20(22)18-10-13-19(14-11-18)29-23-15-12-17-6-2-3-8-21(17)26(23)27-24(30)16-25(29)31/h2-15,28H,16H2,1H3,(H,27,30). The van der Waals surface area contributed by atoms with Gasteiger partial charge in [-0.05, 0) is 35.2 Å². The van der Waals surface area contributed by atoms with Gasteiger partial charge in [0, 0.05) is 16.6 Å². The van der Waals surface area contributed by atoms with Gasteiger partial charge >= 0.3 is 0 Å². The van der Waals surface area contributed by atoms with Gasteiger partial charge in [-0.1, -0.05) is 60.7 Å². The maximum atomic E-state index is 13.1. The molecule has 170 valence electrons. The molecule has 0 saturated carbocycles. The van der Waals surface area contributed by atoms with Crippen molar-refractivity contribution in [3.05, 3.63) is 84.9 Å². The quantitative estimate of drug-likeness (QED) is 0.415. The highest BCUT2D eigenvalue weighted by Gasteiger charge is 2.28. The summed E-state index contributed by atoms with van der Waals surface area (Å²) in [7, 11) is -3.44. The molecule has 8 heteroatoms. The highest BCUT2D eigenvalue weighted by Crippen LogP contribution is 2.40. The van der Waals surface area contributed by atoms with Gasteiger partial charge in [0.05, 0.1) is 23.3 Å². The van der Waals surface area contributed by atoms with Crippen molar-refractivity contribution >= 4 is 55.4 Å². The summed E-state index contributed by atoms with van der Waals surface area (Å²) < 4.78 is 26.1.